The van der Waals surface area contributed by atoms with Crippen LogP contribution in [-0.2, 0) is 9.59 Å². The number of aliphatic hydroxyl groups excluding tert-OH is 1. The number of carbonyl (C=O) groups is 2. The highest BCUT2D eigenvalue weighted by Gasteiger charge is 2.48. The van der Waals surface area contributed by atoms with Crippen LogP contribution in [0, 0.1) is 6.92 Å². The number of furan rings is 1. The van der Waals surface area contributed by atoms with Gasteiger partial charge in [0.15, 0.2) is 0 Å². The van der Waals surface area contributed by atoms with Crippen LogP contribution in [0.1, 0.15) is 23.1 Å². The van der Waals surface area contributed by atoms with Crippen molar-refractivity contribution in [3.63, 3.8) is 0 Å². The Morgan fingerprint density at radius 3 is 2.31 bits per heavy atom. The number of anilines is 1. The Kier molecular flexibility index (Phi) is 5.67. The molecule has 3 aromatic rings. The van der Waals surface area contributed by atoms with Gasteiger partial charge in [-0.2, -0.15) is 0 Å². The van der Waals surface area contributed by atoms with Gasteiger partial charge in [0.05, 0.1) is 30.4 Å². The van der Waals surface area contributed by atoms with E-state index in [9.17, 15) is 14.7 Å². The summed E-state index contributed by atoms with van der Waals surface area (Å²) in [6.07, 6.45) is 0. The molecule has 1 saturated heterocycles. The van der Waals surface area contributed by atoms with E-state index < -0.39 is 23.5 Å². The average Bonchev–Trinajstić information content (AvgIpc) is 3.34. The smallest absolute Gasteiger partial charge is 0.300 e. The zero-order chi connectivity index (χ0) is 23.0. The molecule has 0 spiro atoms. The van der Waals surface area contributed by atoms with Crippen molar-refractivity contribution in [2.24, 2.45) is 0 Å². The van der Waals surface area contributed by atoms with Crippen LogP contribution in [0.5, 0.6) is 11.5 Å². The summed E-state index contributed by atoms with van der Waals surface area (Å²) in [5.41, 5.74) is 0.512. The number of aliphatic hydroxyl groups is 1. The number of rotatable bonds is 5. The first-order chi connectivity index (χ1) is 15.4. The normalized spacial score (nSPS) is 17.6. The van der Waals surface area contributed by atoms with Gasteiger partial charge in [-0.25, -0.2) is 0 Å². The number of amides is 1. The minimum absolute atomic E-state index is 0.132. The van der Waals surface area contributed by atoms with E-state index in [2.05, 4.69) is 0 Å². The van der Waals surface area contributed by atoms with E-state index in [1.165, 1.54) is 31.3 Å². The lowest BCUT2D eigenvalue weighted by atomic mass is 9.98. The molecule has 1 aliphatic rings. The largest absolute Gasteiger partial charge is 0.507 e. The third-order valence-corrected chi connectivity index (χ3v) is 5.53. The number of methoxy groups -OCH3 is 2. The molecule has 1 amide bonds. The predicted octanol–water partition coefficient (Wildman–Crippen LogP) is 4.88. The molecule has 1 unspecified atom stereocenters. The molecule has 0 radical (unpaired) electrons. The van der Waals surface area contributed by atoms with Gasteiger partial charge in [0, 0.05) is 11.8 Å². The van der Waals surface area contributed by atoms with Crippen LogP contribution in [0.25, 0.3) is 5.76 Å². The summed E-state index contributed by atoms with van der Waals surface area (Å²) < 4.78 is 16.4. The monoisotopic (exact) mass is 453 g/mol. The molecule has 0 aliphatic carbocycles. The van der Waals surface area contributed by atoms with Gasteiger partial charge in [-0.05, 0) is 37.3 Å². The quantitative estimate of drug-likeness (QED) is 0.336. The lowest BCUT2D eigenvalue weighted by molar-refractivity contribution is -0.132. The highest BCUT2D eigenvalue weighted by molar-refractivity contribution is 6.51. The number of para-hydroxylation sites is 1. The van der Waals surface area contributed by atoms with E-state index in [0.717, 1.165) is 0 Å². The first-order valence-electron chi connectivity index (χ1n) is 9.71. The van der Waals surface area contributed by atoms with Crippen molar-refractivity contribution in [3.8, 4) is 11.5 Å². The number of nitrogens with zero attached hydrogens (tertiary/aromatic N) is 1. The predicted molar refractivity (Wildman–Crippen MR) is 119 cm³/mol. The van der Waals surface area contributed by atoms with Crippen LogP contribution in [0.2, 0.25) is 5.02 Å². The van der Waals surface area contributed by atoms with Crippen LogP contribution < -0.4 is 14.4 Å². The van der Waals surface area contributed by atoms with Gasteiger partial charge < -0.3 is 19.0 Å². The highest BCUT2D eigenvalue weighted by atomic mass is 35.5. The molecular formula is C24H20ClNO6. The summed E-state index contributed by atoms with van der Waals surface area (Å²) in [4.78, 5) is 27.5. The summed E-state index contributed by atoms with van der Waals surface area (Å²) in [6.45, 7) is 1.75. The Morgan fingerprint density at radius 1 is 1.03 bits per heavy atom. The van der Waals surface area contributed by atoms with Gasteiger partial charge in [0.2, 0.25) is 0 Å². The zero-order valence-corrected chi connectivity index (χ0v) is 18.3. The molecule has 0 bridgehead atoms. The lowest BCUT2D eigenvalue weighted by Crippen LogP contribution is -2.29. The Balaban J connectivity index is 1.97. The van der Waals surface area contributed by atoms with Gasteiger partial charge in [-0.1, -0.05) is 29.8 Å². The summed E-state index contributed by atoms with van der Waals surface area (Å²) >= 11 is 6.26. The molecule has 1 aromatic heterocycles. The fraction of sp³-hybridized carbons (Fsp3) is 0.167. The van der Waals surface area contributed by atoms with Crippen LogP contribution in [0.4, 0.5) is 5.69 Å². The summed E-state index contributed by atoms with van der Waals surface area (Å²) in [6, 6.07) is 14.1. The van der Waals surface area contributed by atoms with Crippen LogP contribution in [-0.4, -0.2) is 31.0 Å². The molecule has 4 rings (SSSR count). The standard InChI is InChI=1S/C24H20ClNO6/c1-13-9-10-17(32-13)21-20(23(28)24(29)26(21)14-7-5-4-6-8-14)22(27)15-11-16(25)19(31-3)12-18(15)30-2/h4-12,21,27H,1-3H3/b22-20+. The molecule has 1 fully saturated rings. The molecule has 164 valence electrons. The third-order valence-electron chi connectivity index (χ3n) is 5.24. The maximum atomic E-state index is 13.2. The van der Waals surface area contributed by atoms with Crippen LogP contribution in [0.15, 0.2) is 64.6 Å². The van der Waals surface area contributed by atoms with Crippen LogP contribution in [0.3, 0.4) is 0 Å². The van der Waals surface area contributed by atoms with E-state index in [0.29, 0.717) is 23.0 Å². The number of benzene rings is 2. The third kappa shape index (κ3) is 3.50. The lowest BCUT2D eigenvalue weighted by Gasteiger charge is -2.23. The van der Waals surface area contributed by atoms with Crippen molar-refractivity contribution < 1.29 is 28.6 Å². The van der Waals surface area contributed by atoms with Crippen LogP contribution >= 0.6 is 11.6 Å². The number of halogens is 1. The Hall–Kier alpha value is -3.71. The van der Waals surface area contributed by atoms with E-state index in [4.69, 9.17) is 25.5 Å². The van der Waals surface area contributed by atoms with Gasteiger partial charge >= 0.3 is 0 Å². The molecule has 32 heavy (non-hydrogen) atoms. The maximum Gasteiger partial charge on any atom is 0.300 e. The van der Waals surface area contributed by atoms with Gasteiger partial charge in [-0.3, -0.25) is 14.5 Å². The number of carbonyl (C=O) groups excluding carboxylic acids is 2. The van der Waals surface area contributed by atoms with Crippen molar-refractivity contribution in [2.45, 2.75) is 13.0 Å². The zero-order valence-electron chi connectivity index (χ0n) is 17.6. The number of ether oxygens (including phenoxy) is 2. The first-order valence-corrected chi connectivity index (χ1v) is 10.1. The Bertz CT molecular complexity index is 1230. The molecule has 2 heterocycles. The Morgan fingerprint density at radius 2 is 1.72 bits per heavy atom. The fourth-order valence-electron chi connectivity index (χ4n) is 3.75. The second-order valence-electron chi connectivity index (χ2n) is 7.14. The molecule has 1 N–H and O–H groups in total. The summed E-state index contributed by atoms with van der Waals surface area (Å²) in [5.74, 6) is -0.557. The van der Waals surface area contributed by atoms with Crippen molar-refractivity contribution in [1.82, 2.24) is 0 Å². The summed E-state index contributed by atoms with van der Waals surface area (Å²) in [5, 5.41) is 11.5. The highest BCUT2D eigenvalue weighted by Crippen LogP contribution is 2.44. The second-order valence-corrected chi connectivity index (χ2v) is 7.55. The van der Waals surface area contributed by atoms with Crippen molar-refractivity contribution >= 4 is 34.7 Å². The number of aryl methyl sites for hydroxylation is 1. The van der Waals surface area contributed by atoms with E-state index >= 15 is 0 Å². The van der Waals surface area contributed by atoms with Gasteiger partial charge in [-0.15, -0.1) is 0 Å². The molecule has 1 atom stereocenters. The molecule has 7 nitrogen and oxygen atoms in total. The average molecular weight is 454 g/mol. The summed E-state index contributed by atoms with van der Waals surface area (Å²) in [7, 11) is 2.86. The second kappa shape index (κ2) is 8.43. The molecule has 0 saturated carbocycles. The SMILES string of the molecule is COc1cc(OC)c(/C(O)=C2\C(=O)C(=O)N(c3ccccc3)C2c2ccc(C)o2)cc1Cl. The maximum absolute atomic E-state index is 13.2. The first kappa shape index (κ1) is 21.5. The molecule has 8 heteroatoms. The number of ketones is 1. The van der Waals surface area contributed by atoms with Gasteiger partial charge in [0.25, 0.3) is 11.7 Å². The minimum atomic E-state index is -0.975. The fourth-order valence-corrected chi connectivity index (χ4v) is 3.99. The number of hydrogen-bond acceptors (Lipinski definition) is 6. The topological polar surface area (TPSA) is 89.2 Å². The van der Waals surface area contributed by atoms with E-state index in [1.807, 2.05) is 0 Å². The number of hydrogen-bond donors (Lipinski definition) is 1. The minimum Gasteiger partial charge on any atom is -0.507 e. The van der Waals surface area contributed by atoms with Crippen molar-refractivity contribution in [3.05, 3.63) is 82.3 Å². The Labute approximate surface area is 189 Å². The molecule has 2 aromatic carbocycles. The molecule has 1 aliphatic heterocycles. The van der Waals surface area contributed by atoms with Gasteiger partial charge in [0.1, 0.15) is 34.8 Å². The van der Waals surface area contributed by atoms with Crippen molar-refractivity contribution in [1.29, 1.82) is 0 Å². The number of Topliss-reactive ketones (excluding diaryl/α,β-unsaturated/α-hetero) is 1. The molecular weight excluding hydrogens is 434 g/mol. The van der Waals surface area contributed by atoms with E-state index in [1.54, 1.807) is 49.4 Å². The van der Waals surface area contributed by atoms with E-state index in [-0.39, 0.29) is 21.9 Å². The van der Waals surface area contributed by atoms with Crippen molar-refractivity contribution in [2.75, 3.05) is 19.1 Å².